The summed E-state index contributed by atoms with van der Waals surface area (Å²) < 4.78 is 11.9. The Morgan fingerprint density at radius 1 is 1.00 bits per heavy atom. The monoisotopic (exact) mass is 300 g/mol. The third kappa shape index (κ3) is 2.73. The molecule has 0 aliphatic heterocycles. The molecule has 0 amide bonds. The third-order valence-corrected chi connectivity index (χ3v) is 4.24. The number of fused-ring (bicyclic) bond motifs is 2. The Morgan fingerprint density at radius 2 is 1.81 bits per heavy atom. The van der Waals surface area contributed by atoms with E-state index in [1.165, 1.54) is 0 Å². The van der Waals surface area contributed by atoms with E-state index < -0.39 is 0 Å². The largest absolute Gasteiger partial charge is 0.490 e. The molecular weight excluding hydrogens is 288 g/mol. The summed E-state index contributed by atoms with van der Waals surface area (Å²) >= 11 is 1.58. The Balaban J connectivity index is 2.00. The summed E-state index contributed by atoms with van der Waals surface area (Å²) in [5, 5.41) is 1.36. The number of benzene rings is 2. The van der Waals surface area contributed by atoms with Crippen molar-refractivity contribution in [2.75, 3.05) is 13.2 Å². The van der Waals surface area contributed by atoms with Crippen LogP contribution in [0.4, 0.5) is 0 Å². The molecule has 5 heteroatoms. The van der Waals surface area contributed by atoms with Crippen molar-refractivity contribution in [2.45, 2.75) is 0 Å². The summed E-state index contributed by atoms with van der Waals surface area (Å²) in [5.74, 6) is 0.594. The zero-order chi connectivity index (χ0) is 14.7. The van der Waals surface area contributed by atoms with Gasteiger partial charge >= 0.3 is 0 Å². The maximum atomic E-state index is 12.5. The van der Waals surface area contributed by atoms with Gasteiger partial charge in [0.05, 0.1) is 0 Å². The Kier molecular flexibility index (Phi) is 3.83. The van der Waals surface area contributed by atoms with Crippen molar-refractivity contribution in [3.63, 3.8) is 0 Å². The minimum Gasteiger partial charge on any atom is -0.490 e. The van der Waals surface area contributed by atoms with Crippen LogP contribution in [0.15, 0.2) is 47.3 Å². The van der Waals surface area contributed by atoms with E-state index >= 15 is 0 Å². The molecule has 3 aromatic rings. The molecular formula is C16H12O4S. The first-order valence-electron chi connectivity index (χ1n) is 6.43. The first-order valence-corrected chi connectivity index (χ1v) is 7.25. The Labute approximate surface area is 124 Å². The van der Waals surface area contributed by atoms with Crippen LogP contribution in [-0.2, 0) is 9.53 Å². The minimum atomic E-state index is 0.00828. The van der Waals surface area contributed by atoms with E-state index in [-0.39, 0.29) is 18.6 Å². The molecule has 0 bridgehead atoms. The number of hydrogen-bond donors (Lipinski definition) is 0. The Bertz CT molecular complexity index is 854. The van der Waals surface area contributed by atoms with Crippen molar-refractivity contribution in [2.24, 2.45) is 0 Å². The summed E-state index contributed by atoms with van der Waals surface area (Å²) in [4.78, 5) is 22.5. The fourth-order valence-electron chi connectivity index (χ4n) is 2.13. The summed E-state index contributed by atoms with van der Waals surface area (Å²) in [5.41, 5.74) is 0.00828. The van der Waals surface area contributed by atoms with Gasteiger partial charge in [-0.1, -0.05) is 12.1 Å². The molecule has 0 unspecified atom stereocenters. The smallest absolute Gasteiger partial charge is 0.293 e. The molecule has 0 radical (unpaired) electrons. The molecule has 0 fully saturated rings. The molecule has 0 saturated carbocycles. The van der Waals surface area contributed by atoms with Crippen LogP contribution in [0.3, 0.4) is 0 Å². The van der Waals surface area contributed by atoms with Gasteiger partial charge in [-0.25, -0.2) is 0 Å². The van der Waals surface area contributed by atoms with Crippen molar-refractivity contribution in [1.29, 1.82) is 0 Å². The molecule has 4 nitrogen and oxygen atoms in total. The van der Waals surface area contributed by atoms with Crippen molar-refractivity contribution in [3.8, 4) is 5.75 Å². The highest BCUT2D eigenvalue weighted by Crippen LogP contribution is 2.27. The van der Waals surface area contributed by atoms with Crippen LogP contribution in [0, 0.1) is 0 Å². The molecule has 0 spiro atoms. The normalized spacial score (nSPS) is 10.7. The summed E-state index contributed by atoms with van der Waals surface area (Å²) in [6, 6.07) is 13.0. The number of carbonyl (C=O) groups excluding carboxylic acids is 1. The molecule has 0 aliphatic rings. The lowest BCUT2D eigenvalue weighted by Crippen LogP contribution is -2.06. The number of hydrogen-bond acceptors (Lipinski definition) is 5. The fourth-order valence-corrected chi connectivity index (χ4v) is 3.18. The lowest BCUT2D eigenvalue weighted by Gasteiger charge is -2.06. The number of carbonyl (C=O) groups is 1. The third-order valence-electron chi connectivity index (χ3n) is 3.09. The van der Waals surface area contributed by atoms with E-state index in [1.807, 2.05) is 36.4 Å². The highest BCUT2D eigenvalue weighted by atomic mass is 32.1. The molecule has 3 rings (SSSR count). The van der Waals surface area contributed by atoms with Gasteiger partial charge in [0, 0.05) is 20.2 Å². The van der Waals surface area contributed by atoms with Crippen molar-refractivity contribution in [3.05, 3.63) is 52.7 Å². The Morgan fingerprint density at radius 3 is 2.67 bits per heavy atom. The second-order valence-corrected chi connectivity index (χ2v) is 5.48. The SMILES string of the molecule is O=COCCOc1ccc2sc3ccccc3c(=O)c2c1. The van der Waals surface area contributed by atoms with Gasteiger partial charge < -0.3 is 9.47 Å². The van der Waals surface area contributed by atoms with Gasteiger partial charge in [0.15, 0.2) is 5.43 Å². The first kappa shape index (κ1) is 13.6. The van der Waals surface area contributed by atoms with Gasteiger partial charge in [-0.15, -0.1) is 11.3 Å². The highest BCUT2D eigenvalue weighted by molar-refractivity contribution is 7.24. The van der Waals surface area contributed by atoms with E-state index in [9.17, 15) is 9.59 Å². The lowest BCUT2D eigenvalue weighted by molar-refractivity contribution is -0.129. The molecule has 2 aromatic carbocycles. The molecule has 106 valence electrons. The average Bonchev–Trinajstić information content (AvgIpc) is 2.52. The minimum absolute atomic E-state index is 0.00828. The predicted molar refractivity (Wildman–Crippen MR) is 83.1 cm³/mol. The van der Waals surface area contributed by atoms with Gasteiger partial charge in [-0.3, -0.25) is 9.59 Å². The second kappa shape index (κ2) is 5.93. The van der Waals surface area contributed by atoms with Crippen LogP contribution < -0.4 is 10.2 Å². The van der Waals surface area contributed by atoms with E-state index in [4.69, 9.17) is 4.74 Å². The van der Waals surface area contributed by atoms with E-state index in [2.05, 4.69) is 4.74 Å². The van der Waals surface area contributed by atoms with Crippen LogP contribution in [0.5, 0.6) is 5.75 Å². The topological polar surface area (TPSA) is 52.6 Å². The summed E-state index contributed by atoms with van der Waals surface area (Å²) in [7, 11) is 0. The van der Waals surface area contributed by atoms with Gasteiger partial charge in [-0.05, 0) is 30.3 Å². The van der Waals surface area contributed by atoms with Gasteiger partial charge in [-0.2, -0.15) is 0 Å². The molecule has 0 N–H and O–H groups in total. The molecule has 21 heavy (non-hydrogen) atoms. The summed E-state index contributed by atoms with van der Waals surface area (Å²) in [6.07, 6.45) is 0. The molecule has 0 atom stereocenters. The van der Waals surface area contributed by atoms with E-state index in [0.29, 0.717) is 17.6 Å². The lowest BCUT2D eigenvalue weighted by atomic mass is 10.2. The molecule has 0 aliphatic carbocycles. The van der Waals surface area contributed by atoms with Crippen LogP contribution in [0.25, 0.3) is 20.2 Å². The van der Waals surface area contributed by atoms with Gasteiger partial charge in [0.2, 0.25) is 0 Å². The molecule has 1 heterocycles. The highest BCUT2D eigenvalue weighted by Gasteiger charge is 2.06. The van der Waals surface area contributed by atoms with Gasteiger partial charge in [0.25, 0.3) is 6.47 Å². The quantitative estimate of drug-likeness (QED) is 0.413. The van der Waals surface area contributed by atoms with Crippen molar-refractivity contribution >= 4 is 38.0 Å². The summed E-state index contributed by atoms with van der Waals surface area (Å²) in [6.45, 7) is 0.828. The Hall–Kier alpha value is -2.40. The van der Waals surface area contributed by atoms with Crippen LogP contribution in [-0.4, -0.2) is 19.7 Å². The second-order valence-electron chi connectivity index (χ2n) is 4.40. The first-order chi connectivity index (χ1) is 10.3. The van der Waals surface area contributed by atoms with Crippen molar-refractivity contribution < 1.29 is 14.3 Å². The van der Waals surface area contributed by atoms with Crippen LogP contribution in [0.1, 0.15) is 0 Å². The van der Waals surface area contributed by atoms with Gasteiger partial charge in [0.1, 0.15) is 19.0 Å². The molecule has 1 aromatic heterocycles. The van der Waals surface area contributed by atoms with E-state index in [0.717, 1.165) is 14.8 Å². The number of rotatable bonds is 5. The zero-order valence-corrected chi connectivity index (χ0v) is 11.9. The van der Waals surface area contributed by atoms with E-state index in [1.54, 1.807) is 17.4 Å². The fraction of sp³-hybridized carbons (Fsp3) is 0.125. The maximum absolute atomic E-state index is 12.5. The zero-order valence-electron chi connectivity index (χ0n) is 11.1. The van der Waals surface area contributed by atoms with Crippen LogP contribution in [0.2, 0.25) is 0 Å². The number of ether oxygens (including phenoxy) is 2. The van der Waals surface area contributed by atoms with Crippen molar-refractivity contribution in [1.82, 2.24) is 0 Å². The standard InChI is InChI=1S/C16H12O4S/c17-10-19-7-8-20-11-5-6-15-13(9-11)16(18)12-3-1-2-4-14(12)21-15/h1-6,9-10H,7-8H2. The molecule has 0 saturated heterocycles. The predicted octanol–water partition coefficient (Wildman–Crippen LogP) is 2.97. The maximum Gasteiger partial charge on any atom is 0.293 e. The van der Waals surface area contributed by atoms with Crippen LogP contribution >= 0.6 is 11.3 Å². The average molecular weight is 300 g/mol.